The topological polar surface area (TPSA) is 24.9 Å². The molecule has 15 heavy (non-hydrogen) atoms. The molecule has 0 radical (unpaired) electrons. The highest BCUT2D eigenvalue weighted by atomic mass is 32.1. The summed E-state index contributed by atoms with van der Waals surface area (Å²) in [5, 5.41) is 4.70. The molecular weight excluding hydrogens is 204 g/mol. The summed E-state index contributed by atoms with van der Waals surface area (Å²) in [6.07, 6.45) is 2.45. The van der Waals surface area contributed by atoms with Crippen molar-refractivity contribution in [2.45, 2.75) is 12.8 Å². The van der Waals surface area contributed by atoms with Gasteiger partial charge in [0, 0.05) is 6.42 Å². The van der Waals surface area contributed by atoms with E-state index in [1.165, 1.54) is 22.7 Å². The van der Waals surface area contributed by atoms with Gasteiger partial charge in [0.25, 0.3) is 0 Å². The standard InChI is InChI=1S/C12H14N2S/c1-2-4-11-10(3-1)14-12(15-11)7-9-5-6-13-8-9/h1-4,9,13H,5-8H2. The van der Waals surface area contributed by atoms with E-state index in [4.69, 9.17) is 0 Å². The van der Waals surface area contributed by atoms with Crippen molar-refractivity contribution >= 4 is 21.6 Å². The first-order chi connectivity index (χ1) is 7.42. The third kappa shape index (κ3) is 1.90. The number of aromatic nitrogens is 1. The molecule has 78 valence electrons. The zero-order chi connectivity index (χ0) is 10.1. The molecule has 2 nitrogen and oxygen atoms in total. The van der Waals surface area contributed by atoms with Crippen LogP contribution < -0.4 is 5.32 Å². The first-order valence-electron chi connectivity index (χ1n) is 5.47. The number of hydrogen-bond donors (Lipinski definition) is 1. The molecule has 1 aliphatic rings. The molecule has 3 rings (SSSR count). The lowest BCUT2D eigenvalue weighted by atomic mass is 10.1. The second kappa shape index (κ2) is 3.91. The Bertz CT molecular complexity index is 424. The summed E-state index contributed by atoms with van der Waals surface area (Å²) in [6, 6.07) is 8.40. The Hall–Kier alpha value is -0.930. The zero-order valence-corrected chi connectivity index (χ0v) is 9.39. The molecule has 0 saturated carbocycles. The summed E-state index contributed by atoms with van der Waals surface area (Å²) >= 11 is 1.85. The fraction of sp³-hybridized carbons (Fsp3) is 0.417. The van der Waals surface area contributed by atoms with Gasteiger partial charge in [0.15, 0.2) is 0 Å². The van der Waals surface area contributed by atoms with E-state index < -0.39 is 0 Å². The first kappa shape index (κ1) is 9.31. The Morgan fingerprint density at radius 2 is 2.33 bits per heavy atom. The second-order valence-corrected chi connectivity index (χ2v) is 5.25. The van der Waals surface area contributed by atoms with Gasteiger partial charge in [0.05, 0.1) is 15.2 Å². The molecule has 1 N–H and O–H groups in total. The fourth-order valence-corrected chi connectivity index (χ4v) is 3.22. The Kier molecular flexibility index (Phi) is 2.43. The van der Waals surface area contributed by atoms with Gasteiger partial charge < -0.3 is 5.32 Å². The van der Waals surface area contributed by atoms with E-state index in [0.717, 1.165) is 24.4 Å². The maximum atomic E-state index is 4.67. The maximum absolute atomic E-state index is 4.67. The Morgan fingerprint density at radius 3 is 3.13 bits per heavy atom. The van der Waals surface area contributed by atoms with Crippen LogP contribution in [0.2, 0.25) is 0 Å². The summed E-state index contributed by atoms with van der Waals surface area (Å²) in [7, 11) is 0. The minimum absolute atomic E-state index is 0.797. The van der Waals surface area contributed by atoms with E-state index >= 15 is 0 Å². The second-order valence-electron chi connectivity index (χ2n) is 4.14. The average molecular weight is 218 g/mol. The Labute approximate surface area is 93.3 Å². The van der Waals surface area contributed by atoms with E-state index in [1.807, 2.05) is 11.3 Å². The van der Waals surface area contributed by atoms with Crippen molar-refractivity contribution < 1.29 is 0 Å². The molecule has 1 aromatic heterocycles. The van der Waals surface area contributed by atoms with Crippen molar-refractivity contribution in [3.63, 3.8) is 0 Å². The third-order valence-electron chi connectivity index (χ3n) is 2.96. The van der Waals surface area contributed by atoms with Crippen LogP contribution in [0.25, 0.3) is 10.2 Å². The maximum Gasteiger partial charge on any atom is 0.0941 e. The summed E-state index contributed by atoms with van der Waals surface area (Å²) in [4.78, 5) is 4.67. The average Bonchev–Trinajstić information content (AvgIpc) is 2.86. The quantitative estimate of drug-likeness (QED) is 0.837. The number of nitrogens with zero attached hydrogens (tertiary/aromatic N) is 1. The minimum Gasteiger partial charge on any atom is -0.316 e. The van der Waals surface area contributed by atoms with Crippen LogP contribution in [0.3, 0.4) is 0 Å². The van der Waals surface area contributed by atoms with Crippen LogP contribution in [-0.2, 0) is 6.42 Å². The van der Waals surface area contributed by atoms with E-state index in [1.54, 1.807) is 0 Å². The molecular formula is C12H14N2S. The van der Waals surface area contributed by atoms with Crippen molar-refractivity contribution in [2.24, 2.45) is 5.92 Å². The summed E-state index contributed by atoms with van der Waals surface area (Å²) in [6.45, 7) is 2.34. The number of benzene rings is 1. The van der Waals surface area contributed by atoms with Gasteiger partial charge in [-0.05, 0) is 37.6 Å². The zero-order valence-electron chi connectivity index (χ0n) is 8.57. The van der Waals surface area contributed by atoms with Crippen molar-refractivity contribution in [1.82, 2.24) is 10.3 Å². The molecule has 0 amide bonds. The van der Waals surface area contributed by atoms with Gasteiger partial charge in [0.2, 0.25) is 0 Å². The predicted octanol–water partition coefficient (Wildman–Crippen LogP) is 2.45. The SMILES string of the molecule is c1ccc2sc(CC3CCNC3)nc2c1. The van der Waals surface area contributed by atoms with Crippen molar-refractivity contribution in [1.29, 1.82) is 0 Å². The summed E-state index contributed by atoms with van der Waals surface area (Å²) in [5.74, 6) is 0.797. The van der Waals surface area contributed by atoms with E-state index in [-0.39, 0.29) is 0 Å². The Balaban J connectivity index is 1.84. The number of nitrogens with one attached hydrogen (secondary N) is 1. The number of thiazole rings is 1. The molecule has 2 aromatic rings. The molecule has 1 unspecified atom stereocenters. The van der Waals surface area contributed by atoms with Crippen molar-refractivity contribution in [3.8, 4) is 0 Å². The molecule has 1 saturated heterocycles. The van der Waals surface area contributed by atoms with Gasteiger partial charge in [-0.1, -0.05) is 12.1 Å². The number of fused-ring (bicyclic) bond motifs is 1. The molecule has 2 heterocycles. The third-order valence-corrected chi connectivity index (χ3v) is 4.02. The van der Waals surface area contributed by atoms with Crippen LogP contribution in [0, 0.1) is 5.92 Å². The van der Waals surface area contributed by atoms with Crippen molar-refractivity contribution in [3.05, 3.63) is 29.3 Å². The van der Waals surface area contributed by atoms with Crippen LogP contribution in [0.4, 0.5) is 0 Å². The molecule has 0 aliphatic carbocycles. The van der Waals surface area contributed by atoms with Crippen molar-refractivity contribution in [2.75, 3.05) is 13.1 Å². The summed E-state index contributed by atoms with van der Waals surface area (Å²) < 4.78 is 1.32. The highest BCUT2D eigenvalue weighted by Crippen LogP contribution is 2.24. The van der Waals surface area contributed by atoms with Crippen LogP contribution in [0.15, 0.2) is 24.3 Å². The normalized spacial score (nSPS) is 21.2. The number of para-hydroxylation sites is 1. The van der Waals surface area contributed by atoms with Gasteiger partial charge in [-0.25, -0.2) is 4.98 Å². The monoisotopic (exact) mass is 218 g/mol. The van der Waals surface area contributed by atoms with Gasteiger partial charge in [-0.15, -0.1) is 11.3 Å². The van der Waals surface area contributed by atoms with Crippen LogP contribution >= 0.6 is 11.3 Å². The van der Waals surface area contributed by atoms with Gasteiger partial charge in [0.1, 0.15) is 0 Å². The fourth-order valence-electron chi connectivity index (χ4n) is 2.14. The Morgan fingerprint density at radius 1 is 1.40 bits per heavy atom. The molecule has 3 heteroatoms. The highest BCUT2D eigenvalue weighted by molar-refractivity contribution is 7.18. The molecule has 0 spiro atoms. The minimum atomic E-state index is 0.797. The van der Waals surface area contributed by atoms with Gasteiger partial charge >= 0.3 is 0 Å². The van der Waals surface area contributed by atoms with Crippen LogP contribution in [0.1, 0.15) is 11.4 Å². The molecule has 1 fully saturated rings. The van der Waals surface area contributed by atoms with Crippen LogP contribution in [0.5, 0.6) is 0 Å². The van der Waals surface area contributed by atoms with Crippen LogP contribution in [-0.4, -0.2) is 18.1 Å². The van der Waals surface area contributed by atoms with E-state index in [9.17, 15) is 0 Å². The molecule has 0 bridgehead atoms. The summed E-state index contributed by atoms with van der Waals surface area (Å²) in [5.41, 5.74) is 1.16. The van der Waals surface area contributed by atoms with E-state index in [2.05, 4.69) is 34.6 Å². The highest BCUT2D eigenvalue weighted by Gasteiger charge is 2.16. The molecule has 1 atom stereocenters. The number of rotatable bonds is 2. The molecule has 1 aromatic carbocycles. The van der Waals surface area contributed by atoms with Gasteiger partial charge in [-0.3, -0.25) is 0 Å². The van der Waals surface area contributed by atoms with Gasteiger partial charge in [-0.2, -0.15) is 0 Å². The predicted molar refractivity (Wildman–Crippen MR) is 64.3 cm³/mol. The van der Waals surface area contributed by atoms with E-state index in [0.29, 0.717) is 0 Å². The lowest BCUT2D eigenvalue weighted by Gasteiger charge is -2.03. The first-order valence-corrected chi connectivity index (χ1v) is 6.28. The molecule has 1 aliphatic heterocycles. The number of hydrogen-bond acceptors (Lipinski definition) is 3. The lowest BCUT2D eigenvalue weighted by molar-refractivity contribution is 0.579. The largest absolute Gasteiger partial charge is 0.316 e. The lowest BCUT2D eigenvalue weighted by Crippen LogP contribution is -2.10. The smallest absolute Gasteiger partial charge is 0.0941 e.